The standard InChI is InChI=1S/C13H9Cl2FO4S2/c1-8-7-9(16)5-6-10(8)21(17,18)11-3-2-4-12(13(11)14)22(15,19)20/h2-7H,1H3. The van der Waals surface area contributed by atoms with Crippen LogP contribution in [0.3, 0.4) is 0 Å². The zero-order valence-corrected chi connectivity index (χ0v) is 14.2. The largest absolute Gasteiger partial charge is 0.262 e. The first-order chi connectivity index (χ1) is 10.0. The molecule has 4 nitrogen and oxygen atoms in total. The van der Waals surface area contributed by atoms with Gasteiger partial charge in [0.1, 0.15) is 10.7 Å². The molecule has 0 saturated heterocycles. The highest BCUT2D eigenvalue weighted by atomic mass is 35.7. The molecule has 9 heteroatoms. The van der Waals surface area contributed by atoms with Crippen molar-refractivity contribution >= 4 is 41.2 Å². The predicted molar refractivity (Wildman–Crippen MR) is 81.1 cm³/mol. The Kier molecular flexibility index (Phi) is 4.54. The summed E-state index contributed by atoms with van der Waals surface area (Å²) in [5, 5.41) is -0.499. The van der Waals surface area contributed by atoms with Crippen LogP contribution in [0.4, 0.5) is 4.39 Å². The average Bonchev–Trinajstić information content (AvgIpc) is 2.36. The first-order valence-electron chi connectivity index (χ1n) is 5.79. The van der Waals surface area contributed by atoms with Crippen molar-refractivity contribution in [1.29, 1.82) is 0 Å². The number of hydrogen-bond donors (Lipinski definition) is 0. The zero-order valence-electron chi connectivity index (χ0n) is 11.0. The highest BCUT2D eigenvalue weighted by Gasteiger charge is 2.27. The monoisotopic (exact) mass is 382 g/mol. The van der Waals surface area contributed by atoms with Crippen LogP contribution in [0.15, 0.2) is 51.1 Å². The maximum absolute atomic E-state index is 13.1. The molecular weight excluding hydrogens is 374 g/mol. The molecule has 0 aliphatic carbocycles. The van der Waals surface area contributed by atoms with Gasteiger partial charge in [-0.15, -0.1) is 0 Å². The molecule has 2 aromatic carbocycles. The lowest BCUT2D eigenvalue weighted by Gasteiger charge is -2.11. The van der Waals surface area contributed by atoms with Crippen molar-refractivity contribution in [3.05, 3.63) is 52.8 Å². The Morgan fingerprint density at radius 2 is 1.55 bits per heavy atom. The third-order valence-electron chi connectivity index (χ3n) is 2.91. The van der Waals surface area contributed by atoms with Crippen LogP contribution in [0.2, 0.25) is 5.02 Å². The number of hydrogen-bond acceptors (Lipinski definition) is 4. The van der Waals surface area contributed by atoms with Gasteiger partial charge in [-0.1, -0.05) is 17.7 Å². The number of sulfone groups is 1. The molecule has 0 unspecified atom stereocenters. The molecule has 0 heterocycles. The molecule has 0 spiro atoms. The molecule has 2 rings (SSSR count). The van der Waals surface area contributed by atoms with E-state index >= 15 is 0 Å². The van der Waals surface area contributed by atoms with Gasteiger partial charge >= 0.3 is 0 Å². The Morgan fingerprint density at radius 3 is 2.09 bits per heavy atom. The Balaban J connectivity index is 2.75. The molecular formula is C13H9Cl2FO4S2. The average molecular weight is 383 g/mol. The highest BCUT2D eigenvalue weighted by Crippen LogP contribution is 2.34. The van der Waals surface area contributed by atoms with Crippen molar-refractivity contribution in [2.75, 3.05) is 0 Å². The van der Waals surface area contributed by atoms with E-state index in [1.54, 1.807) is 0 Å². The van der Waals surface area contributed by atoms with Crippen LogP contribution >= 0.6 is 22.3 Å². The normalized spacial score (nSPS) is 12.4. The maximum Gasteiger partial charge on any atom is 0.262 e. The number of halogens is 3. The Hall–Kier alpha value is -1.15. The van der Waals surface area contributed by atoms with E-state index in [1.165, 1.54) is 13.0 Å². The van der Waals surface area contributed by atoms with E-state index in [1.807, 2.05) is 0 Å². The van der Waals surface area contributed by atoms with Crippen molar-refractivity contribution in [3.8, 4) is 0 Å². The first-order valence-corrected chi connectivity index (χ1v) is 9.96. The molecule has 2 aromatic rings. The van der Waals surface area contributed by atoms with E-state index < -0.39 is 39.5 Å². The van der Waals surface area contributed by atoms with Crippen molar-refractivity contribution < 1.29 is 21.2 Å². The van der Waals surface area contributed by atoms with E-state index in [0.29, 0.717) is 0 Å². The van der Waals surface area contributed by atoms with Crippen molar-refractivity contribution in [1.82, 2.24) is 0 Å². The van der Waals surface area contributed by atoms with E-state index in [9.17, 15) is 21.2 Å². The van der Waals surface area contributed by atoms with Gasteiger partial charge in [0, 0.05) is 10.7 Å². The van der Waals surface area contributed by atoms with E-state index in [2.05, 4.69) is 0 Å². The minimum absolute atomic E-state index is 0.167. The number of aryl methyl sites for hydroxylation is 1. The van der Waals surface area contributed by atoms with Gasteiger partial charge in [0.2, 0.25) is 9.84 Å². The minimum atomic E-state index is -4.20. The van der Waals surface area contributed by atoms with Crippen LogP contribution in [-0.2, 0) is 18.9 Å². The second kappa shape index (κ2) is 5.81. The Bertz CT molecular complexity index is 954. The number of rotatable bonds is 3. The van der Waals surface area contributed by atoms with Crippen molar-refractivity contribution in [2.45, 2.75) is 21.6 Å². The summed E-state index contributed by atoms with van der Waals surface area (Å²) in [6, 6.07) is 6.62. The van der Waals surface area contributed by atoms with Gasteiger partial charge in [-0.05, 0) is 42.8 Å². The topological polar surface area (TPSA) is 68.3 Å². The van der Waals surface area contributed by atoms with Crippen LogP contribution in [0.25, 0.3) is 0 Å². The lowest BCUT2D eigenvalue weighted by molar-refractivity contribution is 0.593. The Morgan fingerprint density at radius 1 is 0.955 bits per heavy atom. The van der Waals surface area contributed by atoms with Gasteiger partial charge in [0.15, 0.2) is 0 Å². The fourth-order valence-corrected chi connectivity index (χ4v) is 5.36. The summed E-state index contributed by atoms with van der Waals surface area (Å²) in [5.74, 6) is -0.584. The van der Waals surface area contributed by atoms with Crippen molar-refractivity contribution in [2.24, 2.45) is 0 Å². The van der Waals surface area contributed by atoms with Crippen LogP contribution in [0.5, 0.6) is 0 Å². The molecule has 0 bridgehead atoms. The van der Waals surface area contributed by atoms with Gasteiger partial charge in [-0.3, -0.25) is 0 Å². The van der Waals surface area contributed by atoms with Gasteiger partial charge in [-0.25, -0.2) is 21.2 Å². The molecule has 118 valence electrons. The molecule has 22 heavy (non-hydrogen) atoms. The summed E-state index contributed by atoms with van der Waals surface area (Å²) in [4.78, 5) is -1.08. The van der Waals surface area contributed by atoms with Crippen LogP contribution in [0, 0.1) is 12.7 Å². The number of benzene rings is 2. The summed E-state index contributed by atoms with van der Waals surface area (Å²) in [7, 11) is -3.09. The predicted octanol–water partition coefficient (Wildman–Crippen LogP) is 3.55. The van der Waals surface area contributed by atoms with Crippen LogP contribution < -0.4 is 0 Å². The highest BCUT2D eigenvalue weighted by molar-refractivity contribution is 8.13. The summed E-state index contributed by atoms with van der Waals surface area (Å²) in [6.07, 6.45) is 0. The summed E-state index contributed by atoms with van der Waals surface area (Å²) in [5.41, 5.74) is 0.176. The maximum atomic E-state index is 13.1. The molecule has 0 aliphatic heterocycles. The van der Waals surface area contributed by atoms with Gasteiger partial charge in [0.25, 0.3) is 9.05 Å². The zero-order chi connectivity index (χ0) is 16.7. The fourth-order valence-electron chi connectivity index (χ4n) is 1.92. The summed E-state index contributed by atoms with van der Waals surface area (Å²) in [6.45, 7) is 1.42. The molecule has 0 aliphatic rings. The second-order valence-corrected chi connectivity index (χ2v) is 9.22. The molecule has 0 atom stereocenters. The first kappa shape index (κ1) is 17.2. The molecule has 0 radical (unpaired) electrons. The minimum Gasteiger partial charge on any atom is -0.218 e. The summed E-state index contributed by atoms with van der Waals surface area (Å²) >= 11 is 5.89. The summed E-state index contributed by atoms with van der Waals surface area (Å²) < 4.78 is 61.2. The Labute approximate surface area is 136 Å². The molecule has 0 amide bonds. The van der Waals surface area contributed by atoms with Crippen LogP contribution in [0.1, 0.15) is 5.56 Å². The van der Waals surface area contributed by atoms with E-state index in [-0.39, 0.29) is 10.5 Å². The second-order valence-electron chi connectivity index (χ2n) is 4.42. The lowest BCUT2D eigenvalue weighted by Crippen LogP contribution is -2.07. The fraction of sp³-hybridized carbons (Fsp3) is 0.0769. The van der Waals surface area contributed by atoms with Gasteiger partial charge in [-0.2, -0.15) is 0 Å². The molecule has 0 aromatic heterocycles. The van der Waals surface area contributed by atoms with E-state index in [0.717, 1.165) is 30.3 Å². The molecule has 0 N–H and O–H groups in total. The quantitative estimate of drug-likeness (QED) is 0.601. The van der Waals surface area contributed by atoms with Crippen molar-refractivity contribution in [3.63, 3.8) is 0 Å². The smallest absolute Gasteiger partial charge is 0.218 e. The lowest BCUT2D eigenvalue weighted by atomic mass is 10.2. The third-order valence-corrected chi connectivity index (χ3v) is 6.86. The molecule has 0 saturated carbocycles. The van der Waals surface area contributed by atoms with Gasteiger partial charge < -0.3 is 0 Å². The third kappa shape index (κ3) is 3.12. The van der Waals surface area contributed by atoms with Crippen LogP contribution in [-0.4, -0.2) is 16.8 Å². The van der Waals surface area contributed by atoms with Gasteiger partial charge in [0.05, 0.1) is 14.8 Å². The molecule has 0 fully saturated rings. The van der Waals surface area contributed by atoms with E-state index in [4.69, 9.17) is 22.3 Å². The SMILES string of the molecule is Cc1cc(F)ccc1S(=O)(=O)c1cccc(S(=O)(=O)Cl)c1Cl.